The molecule has 3 aromatic heterocycles. The van der Waals surface area contributed by atoms with Crippen LogP contribution < -0.4 is 5.56 Å². The number of para-hydroxylation sites is 3. The van der Waals surface area contributed by atoms with Gasteiger partial charge in [-0.05, 0) is 54.5 Å². The van der Waals surface area contributed by atoms with Crippen LogP contribution in [0.15, 0.2) is 77.6 Å². The highest BCUT2D eigenvalue weighted by atomic mass is 32.1. The van der Waals surface area contributed by atoms with E-state index in [4.69, 9.17) is 17.3 Å². The summed E-state index contributed by atoms with van der Waals surface area (Å²) >= 11 is 5.96. The van der Waals surface area contributed by atoms with E-state index in [-0.39, 0.29) is 5.56 Å². The Kier molecular flexibility index (Phi) is 4.74. The van der Waals surface area contributed by atoms with Gasteiger partial charge in [0.1, 0.15) is 0 Å². The van der Waals surface area contributed by atoms with Gasteiger partial charge in [0.2, 0.25) is 10.5 Å². The SMILES string of the molecule is Cc1ccccc1-n1c(=O)c2ccccc2n2c(=S)n(CN3CCc4[nH]c5ccccc5c4C3)nc12. The lowest BCUT2D eigenvalue weighted by Gasteiger charge is -2.26. The normalized spacial score (nSPS) is 14.1. The van der Waals surface area contributed by atoms with E-state index < -0.39 is 0 Å². The van der Waals surface area contributed by atoms with Crippen molar-refractivity contribution < 1.29 is 0 Å². The Morgan fingerprint density at radius 3 is 2.58 bits per heavy atom. The fourth-order valence-corrected chi connectivity index (χ4v) is 5.75. The van der Waals surface area contributed by atoms with E-state index in [2.05, 4.69) is 34.1 Å². The molecule has 36 heavy (non-hydrogen) atoms. The second kappa shape index (κ2) is 8.01. The lowest BCUT2D eigenvalue weighted by Crippen LogP contribution is -2.32. The third-order valence-electron chi connectivity index (χ3n) is 7.25. The smallest absolute Gasteiger partial charge is 0.267 e. The summed E-state index contributed by atoms with van der Waals surface area (Å²) in [6.45, 7) is 4.28. The van der Waals surface area contributed by atoms with Gasteiger partial charge in [0.25, 0.3) is 5.56 Å². The maximum absolute atomic E-state index is 13.7. The third kappa shape index (κ3) is 3.11. The fourth-order valence-electron chi connectivity index (χ4n) is 5.47. The highest BCUT2D eigenvalue weighted by Crippen LogP contribution is 2.28. The molecule has 0 aliphatic carbocycles. The Morgan fingerprint density at radius 2 is 1.72 bits per heavy atom. The van der Waals surface area contributed by atoms with Crippen LogP contribution in [0.25, 0.3) is 33.3 Å². The quantitative estimate of drug-likeness (QED) is 0.354. The number of aryl methyl sites for hydroxylation is 1. The molecule has 0 spiro atoms. The van der Waals surface area contributed by atoms with Gasteiger partial charge in [0.05, 0.1) is 23.3 Å². The van der Waals surface area contributed by atoms with Crippen LogP contribution in [0.3, 0.4) is 0 Å². The van der Waals surface area contributed by atoms with E-state index in [1.54, 1.807) is 4.57 Å². The molecule has 7 rings (SSSR count). The van der Waals surface area contributed by atoms with Crippen LogP contribution in [0, 0.1) is 11.7 Å². The second-order valence-corrected chi connectivity index (χ2v) is 9.80. The second-order valence-electron chi connectivity index (χ2n) is 9.43. The lowest BCUT2D eigenvalue weighted by molar-refractivity contribution is 0.189. The van der Waals surface area contributed by atoms with Crippen LogP contribution in [0.2, 0.25) is 0 Å². The van der Waals surface area contributed by atoms with Crippen molar-refractivity contribution in [2.45, 2.75) is 26.6 Å². The first-order valence-corrected chi connectivity index (χ1v) is 12.5. The number of rotatable bonds is 3. The number of hydrogen-bond acceptors (Lipinski definition) is 4. The first-order chi connectivity index (χ1) is 17.6. The summed E-state index contributed by atoms with van der Waals surface area (Å²) in [5, 5.41) is 6.82. The topological polar surface area (TPSA) is 63.3 Å². The molecule has 7 nitrogen and oxygen atoms in total. The van der Waals surface area contributed by atoms with Gasteiger partial charge in [0, 0.05) is 36.1 Å². The number of benzene rings is 3. The van der Waals surface area contributed by atoms with Gasteiger partial charge < -0.3 is 4.98 Å². The van der Waals surface area contributed by atoms with Gasteiger partial charge in [-0.1, -0.05) is 48.5 Å². The number of H-pyrrole nitrogens is 1. The maximum Gasteiger partial charge on any atom is 0.267 e. The van der Waals surface area contributed by atoms with Crippen LogP contribution in [0.1, 0.15) is 16.8 Å². The van der Waals surface area contributed by atoms with Crippen LogP contribution in [-0.2, 0) is 19.6 Å². The Labute approximate surface area is 211 Å². The summed E-state index contributed by atoms with van der Waals surface area (Å²) in [5.41, 5.74) is 6.33. The molecule has 8 heteroatoms. The molecule has 6 aromatic rings. The summed E-state index contributed by atoms with van der Waals surface area (Å²) in [7, 11) is 0. The molecular weight excluding hydrogens is 468 g/mol. The van der Waals surface area contributed by atoms with E-state index in [1.165, 1.54) is 22.2 Å². The predicted molar refractivity (Wildman–Crippen MR) is 144 cm³/mol. The zero-order valence-corrected chi connectivity index (χ0v) is 20.6. The summed E-state index contributed by atoms with van der Waals surface area (Å²) in [4.78, 5) is 19.6. The van der Waals surface area contributed by atoms with Crippen molar-refractivity contribution in [2.75, 3.05) is 6.54 Å². The van der Waals surface area contributed by atoms with E-state index in [0.29, 0.717) is 22.6 Å². The van der Waals surface area contributed by atoms with Crippen molar-refractivity contribution in [3.63, 3.8) is 0 Å². The molecule has 0 saturated heterocycles. The molecule has 0 amide bonds. The van der Waals surface area contributed by atoms with Crippen molar-refractivity contribution >= 4 is 39.8 Å². The van der Waals surface area contributed by atoms with Crippen molar-refractivity contribution in [2.24, 2.45) is 0 Å². The highest BCUT2D eigenvalue weighted by Gasteiger charge is 2.23. The average molecular weight is 493 g/mol. The molecule has 0 bridgehead atoms. The molecule has 0 unspecified atom stereocenters. The molecule has 0 radical (unpaired) electrons. The molecule has 0 saturated carbocycles. The number of aromatic amines is 1. The third-order valence-corrected chi connectivity index (χ3v) is 7.65. The van der Waals surface area contributed by atoms with Gasteiger partial charge in [-0.15, -0.1) is 5.10 Å². The van der Waals surface area contributed by atoms with Crippen molar-refractivity contribution in [3.05, 3.63) is 105 Å². The van der Waals surface area contributed by atoms with Gasteiger partial charge >= 0.3 is 0 Å². The molecule has 1 N–H and O–H groups in total. The number of fused-ring (bicyclic) bond motifs is 6. The minimum Gasteiger partial charge on any atom is -0.358 e. The standard InChI is InChI=1S/C28H24N6OS/c1-18-8-2-6-12-24(18)33-26(35)20-10-4-7-13-25(20)34-27(33)30-32(28(34)36)17-31-15-14-23-21(16-31)19-9-3-5-11-22(19)29-23/h2-13,29H,14-17H2,1H3. The van der Waals surface area contributed by atoms with Gasteiger partial charge in [-0.3, -0.25) is 14.1 Å². The van der Waals surface area contributed by atoms with Crippen LogP contribution in [0.5, 0.6) is 0 Å². The predicted octanol–water partition coefficient (Wildman–Crippen LogP) is 4.97. The molecule has 1 aliphatic heterocycles. The van der Waals surface area contributed by atoms with E-state index in [1.807, 2.05) is 64.5 Å². The van der Waals surface area contributed by atoms with Crippen molar-refractivity contribution in [1.29, 1.82) is 0 Å². The minimum atomic E-state index is -0.0963. The molecule has 4 heterocycles. The van der Waals surface area contributed by atoms with Crippen LogP contribution >= 0.6 is 12.2 Å². The van der Waals surface area contributed by atoms with E-state index in [9.17, 15) is 4.79 Å². The minimum absolute atomic E-state index is 0.0963. The van der Waals surface area contributed by atoms with Crippen LogP contribution in [-0.4, -0.2) is 35.2 Å². The zero-order chi connectivity index (χ0) is 24.4. The molecule has 178 valence electrons. The Hall–Kier alpha value is -4.01. The molecular formula is C28H24N6OS. The monoisotopic (exact) mass is 492 g/mol. The summed E-state index contributed by atoms with van der Waals surface area (Å²) in [6, 6.07) is 24.0. The van der Waals surface area contributed by atoms with Crippen molar-refractivity contribution in [1.82, 2.24) is 28.6 Å². The Morgan fingerprint density at radius 1 is 0.972 bits per heavy atom. The van der Waals surface area contributed by atoms with Gasteiger partial charge in [0.15, 0.2) is 0 Å². The lowest BCUT2D eigenvalue weighted by atomic mass is 10.1. The largest absolute Gasteiger partial charge is 0.358 e. The molecule has 0 fully saturated rings. The average Bonchev–Trinajstić information content (AvgIpc) is 3.42. The first-order valence-electron chi connectivity index (χ1n) is 12.1. The van der Waals surface area contributed by atoms with E-state index >= 15 is 0 Å². The Bertz CT molecular complexity index is 1920. The number of hydrogen-bond donors (Lipinski definition) is 1. The number of nitrogens with zero attached hydrogens (tertiary/aromatic N) is 5. The summed E-state index contributed by atoms with van der Waals surface area (Å²) in [6.07, 6.45) is 0.946. The summed E-state index contributed by atoms with van der Waals surface area (Å²) in [5.74, 6) is 0.530. The van der Waals surface area contributed by atoms with Crippen molar-refractivity contribution in [3.8, 4) is 5.69 Å². The maximum atomic E-state index is 13.7. The van der Waals surface area contributed by atoms with Gasteiger partial charge in [-0.25, -0.2) is 9.25 Å². The fraction of sp³-hybridized carbons (Fsp3) is 0.179. The molecule has 1 aliphatic rings. The highest BCUT2D eigenvalue weighted by molar-refractivity contribution is 7.71. The number of nitrogens with one attached hydrogen (secondary N) is 1. The molecule has 3 aromatic carbocycles. The Balaban J connectivity index is 1.39. The van der Waals surface area contributed by atoms with Crippen LogP contribution in [0.4, 0.5) is 0 Å². The zero-order valence-electron chi connectivity index (χ0n) is 19.8. The van der Waals surface area contributed by atoms with Gasteiger partial charge in [-0.2, -0.15) is 0 Å². The van der Waals surface area contributed by atoms with E-state index in [0.717, 1.165) is 36.3 Å². The molecule has 0 atom stereocenters. The first kappa shape index (κ1) is 21.3. The summed E-state index contributed by atoms with van der Waals surface area (Å²) < 4.78 is 6.05. The number of aromatic nitrogens is 5.